The third kappa shape index (κ3) is 4.07. The Labute approximate surface area is 163 Å². The summed E-state index contributed by atoms with van der Waals surface area (Å²) in [6, 6.07) is 10.1. The van der Waals surface area contributed by atoms with Crippen molar-refractivity contribution < 1.29 is 9.21 Å². The van der Waals surface area contributed by atoms with Crippen LogP contribution in [0.1, 0.15) is 29.2 Å². The number of hydrogen-bond acceptors (Lipinski definition) is 7. The lowest BCUT2D eigenvalue weighted by atomic mass is 10.0. The number of aromatic nitrogens is 4. The van der Waals surface area contributed by atoms with Crippen LogP contribution in [0.2, 0.25) is 0 Å². The van der Waals surface area contributed by atoms with Crippen molar-refractivity contribution in [3.8, 4) is 11.5 Å². The van der Waals surface area contributed by atoms with Crippen LogP contribution in [0.25, 0.3) is 11.5 Å². The monoisotopic (exact) mass is 378 g/mol. The lowest BCUT2D eigenvalue weighted by Gasteiger charge is -2.36. The fourth-order valence-corrected chi connectivity index (χ4v) is 3.44. The highest BCUT2D eigenvalue weighted by molar-refractivity contribution is 5.92. The summed E-state index contributed by atoms with van der Waals surface area (Å²) in [5.41, 5.74) is 1.31. The Balaban J connectivity index is 1.31. The molecule has 3 aromatic rings. The zero-order chi connectivity index (χ0) is 19.3. The van der Waals surface area contributed by atoms with Gasteiger partial charge in [-0.15, -0.1) is 10.2 Å². The lowest BCUT2D eigenvalue weighted by molar-refractivity contribution is 0.0625. The van der Waals surface area contributed by atoms with Gasteiger partial charge in [0.05, 0.1) is 12.7 Å². The van der Waals surface area contributed by atoms with E-state index < -0.39 is 0 Å². The van der Waals surface area contributed by atoms with Crippen LogP contribution >= 0.6 is 0 Å². The molecule has 1 aliphatic heterocycles. The number of piperidine rings is 1. The molecule has 1 fully saturated rings. The molecule has 144 valence electrons. The average molecular weight is 378 g/mol. The van der Waals surface area contributed by atoms with Gasteiger partial charge in [0.15, 0.2) is 0 Å². The molecule has 1 amide bonds. The first-order valence-corrected chi connectivity index (χ1v) is 9.34. The van der Waals surface area contributed by atoms with Crippen LogP contribution in [0.3, 0.4) is 0 Å². The van der Waals surface area contributed by atoms with Crippen LogP contribution in [0, 0.1) is 0 Å². The molecule has 2 aromatic heterocycles. The minimum Gasteiger partial charge on any atom is -0.419 e. The number of nitrogens with zero attached hydrogens (tertiary/aromatic N) is 6. The van der Waals surface area contributed by atoms with Crippen LogP contribution in [0.5, 0.6) is 0 Å². The minimum atomic E-state index is -0.0568. The van der Waals surface area contributed by atoms with Gasteiger partial charge in [0, 0.05) is 37.1 Å². The van der Waals surface area contributed by atoms with Crippen molar-refractivity contribution in [2.75, 3.05) is 20.1 Å². The summed E-state index contributed by atoms with van der Waals surface area (Å²) in [6.45, 7) is 1.98. The van der Waals surface area contributed by atoms with Crippen molar-refractivity contribution in [3.63, 3.8) is 0 Å². The molecular formula is C20H22N6O2. The zero-order valence-corrected chi connectivity index (χ0v) is 15.7. The highest BCUT2D eigenvalue weighted by atomic mass is 16.4. The number of amides is 1. The first-order valence-electron chi connectivity index (χ1n) is 9.34. The van der Waals surface area contributed by atoms with Crippen LogP contribution in [-0.2, 0) is 6.54 Å². The van der Waals surface area contributed by atoms with Crippen molar-refractivity contribution in [1.29, 1.82) is 0 Å². The number of carbonyl (C=O) groups is 1. The third-order valence-corrected chi connectivity index (χ3v) is 5.03. The maximum Gasteiger partial charge on any atom is 0.274 e. The Morgan fingerprint density at radius 1 is 1.18 bits per heavy atom. The highest BCUT2D eigenvalue weighted by Crippen LogP contribution is 2.21. The second kappa shape index (κ2) is 8.26. The fourth-order valence-electron chi connectivity index (χ4n) is 3.44. The average Bonchev–Trinajstić information content (AvgIpc) is 3.23. The Morgan fingerprint density at radius 2 is 1.96 bits per heavy atom. The molecule has 1 aromatic carbocycles. The van der Waals surface area contributed by atoms with E-state index in [1.54, 1.807) is 12.4 Å². The van der Waals surface area contributed by atoms with Crippen molar-refractivity contribution in [1.82, 2.24) is 30.0 Å². The van der Waals surface area contributed by atoms with Crippen molar-refractivity contribution in [2.45, 2.75) is 25.4 Å². The third-order valence-electron chi connectivity index (χ3n) is 5.03. The highest BCUT2D eigenvalue weighted by Gasteiger charge is 2.27. The Bertz CT molecular complexity index is 907. The van der Waals surface area contributed by atoms with Crippen molar-refractivity contribution in [2.24, 2.45) is 0 Å². The number of hydrogen-bond donors (Lipinski definition) is 0. The minimum absolute atomic E-state index is 0.0568. The quantitative estimate of drug-likeness (QED) is 0.673. The van der Waals surface area contributed by atoms with E-state index in [1.165, 1.54) is 6.20 Å². The van der Waals surface area contributed by atoms with E-state index in [1.807, 2.05) is 35.2 Å². The van der Waals surface area contributed by atoms with Crippen LogP contribution < -0.4 is 0 Å². The van der Waals surface area contributed by atoms with Gasteiger partial charge in [-0.1, -0.05) is 18.2 Å². The van der Waals surface area contributed by atoms with Gasteiger partial charge in [-0.3, -0.25) is 14.7 Å². The molecule has 8 nitrogen and oxygen atoms in total. The van der Waals surface area contributed by atoms with Gasteiger partial charge < -0.3 is 9.32 Å². The van der Waals surface area contributed by atoms with Crippen LogP contribution in [-0.4, -0.2) is 62.1 Å². The molecule has 0 spiro atoms. The van der Waals surface area contributed by atoms with Gasteiger partial charge in [-0.05, 0) is 32.0 Å². The molecule has 0 atom stereocenters. The van der Waals surface area contributed by atoms with E-state index in [-0.39, 0.29) is 5.91 Å². The molecule has 0 unspecified atom stereocenters. The molecule has 8 heteroatoms. The lowest BCUT2D eigenvalue weighted by Crippen LogP contribution is -2.45. The molecular weight excluding hydrogens is 356 g/mol. The summed E-state index contributed by atoms with van der Waals surface area (Å²) in [5.74, 6) is 1.08. The number of carbonyl (C=O) groups excluding carboxylic acids is 1. The molecule has 1 saturated heterocycles. The largest absolute Gasteiger partial charge is 0.419 e. The van der Waals surface area contributed by atoms with Gasteiger partial charge >= 0.3 is 0 Å². The molecule has 3 heterocycles. The predicted octanol–water partition coefficient (Wildman–Crippen LogP) is 2.26. The summed E-state index contributed by atoms with van der Waals surface area (Å²) in [6.07, 6.45) is 6.41. The summed E-state index contributed by atoms with van der Waals surface area (Å²) in [4.78, 5) is 24.6. The van der Waals surface area contributed by atoms with E-state index in [9.17, 15) is 4.79 Å². The van der Waals surface area contributed by atoms with E-state index in [0.717, 1.165) is 18.4 Å². The van der Waals surface area contributed by atoms with Gasteiger partial charge in [-0.2, -0.15) is 0 Å². The Hall–Kier alpha value is -3.13. The van der Waals surface area contributed by atoms with Crippen molar-refractivity contribution >= 4 is 5.91 Å². The number of rotatable bonds is 5. The molecule has 28 heavy (non-hydrogen) atoms. The summed E-state index contributed by atoms with van der Waals surface area (Å²) in [7, 11) is 2.05. The Morgan fingerprint density at radius 3 is 2.68 bits per heavy atom. The molecule has 0 saturated carbocycles. The summed E-state index contributed by atoms with van der Waals surface area (Å²) < 4.78 is 5.80. The smallest absolute Gasteiger partial charge is 0.274 e. The van der Waals surface area contributed by atoms with E-state index in [2.05, 4.69) is 32.1 Å². The van der Waals surface area contributed by atoms with Gasteiger partial charge in [0.1, 0.15) is 5.69 Å². The molecule has 1 aliphatic rings. The summed E-state index contributed by atoms with van der Waals surface area (Å²) in [5, 5.41) is 8.32. The fraction of sp³-hybridized carbons (Fsp3) is 0.350. The van der Waals surface area contributed by atoms with E-state index >= 15 is 0 Å². The maximum absolute atomic E-state index is 12.5. The molecule has 0 bridgehead atoms. The SMILES string of the molecule is CN(Cc1nnc(-c2ccccc2)o1)C1CCN(C(=O)c2cnccn2)CC1. The normalized spacial score (nSPS) is 15.1. The zero-order valence-electron chi connectivity index (χ0n) is 15.7. The predicted molar refractivity (Wildman–Crippen MR) is 102 cm³/mol. The molecule has 0 aliphatic carbocycles. The maximum atomic E-state index is 12.5. The van der Waals surface area contributed by atoms with Crippen LogP contribution in [0.15, 0.2) is 53.3 Å². The van der Waals surface area contributed by atoms with Gasteiger partial charge in [0.2, 0.25) is 11.8 Å². The second-order valence-electron chi connectivity index (χ2n) is 6.90. The van der Waals surface area contributed by atoms with E-state index in [4.69, 9.17) is 4.42 Å². The standard InChI is InChI=1S/C20H22N6O2/c1-25(14-18-23-24-19(28-18)15-5-3-2-4-6-15)16-7-11-26(12-8-16)20(27)17-13-21-9-10-22-17/h2-6,9-10,13,16H,7-8,11-12,14H2,1H3. The van der Waals surface area contributed by atoms with Crippen molar-refractivity contribution in [3.05, 3.63) is 60.5 Å². The molecule has 0 radical (unpaired) electrons. The first kappa shape index (κ1) is 18.2. The first-order chi connectivity index (χ1) is 13.7. The Kier molecular flexibility index (Phi) is 5.38. The molecule has 4 rings (SSSR count). The molecule has 0 N–H and O–H groups in total. The van der Waals surface area contributed by atoms with Crippen LogP contribution in [0.4, 0.5) is 0 Å². The van der Waals surface area contributed by atoms with Gasteiger partial charge in [-0.25, -0.2) is 4.98 Å². The summed E-state index contributed by atoms with van der Waals surface area (Å²) >= 11 is 0. The number of likely N-dealkylation sites (tertiary alicyclic amines) is 1. The topological polar surface area (TPSA) is 88.3 Å². The second-order valence-corrected chi connectivity index (χ2v) is 6.90. The number of benzene rings is 1. The van der Waals surface area contributed by atoms with Gasteiger partial charge in [0.25, 0.3) is 5.91 Å². The van der Waals surface area contributed by atoms with E-state index in [0.29, 0.717) is 43.2 Å².